The fourth-order valence-electron chi connectivity index (χ4n) is 4.03. The van der Waals surface area contributed by atoms with Gasteiger partial charge in [0.05, 0.1) is 12.0 Å². The summed E-state index contributed by atoms with van der Waals surface area (Å²) < 4.78 is 5.46. The monoisotopic (exact) mass is 270 g/mol. The van der Waals surface area contributed by atoms with Crippen molar-refractivity contribution >= 4 is 5.97 Å². The first kappa shape index (κ1) is 13.4. The van der Waals surface area contributed by atoms with E-state index in [1.165, 1.54) is 11.1 Å². The lowest BCUT2D eigenvalue weighted by atomic mass is 9.56. The predicted molar refractivity (Wildman–Crippen MR) is 79.6 cm³/mol. The first-order chi connectivity index (χ1) is 9.70. The van der Waals surface area contributed by atoms with Crippen LogP contribution in [0, 0.1) is 5.92 Å². The second-order valence-electron chi connectivity index (χ2n) is 6.02. The van der Waals surface area contributed by atoms with Crippen molar-refractivity contribution in [3.8, 4) is 0 Å². The van der Waals surface area contributed by atoms with Crippen LogP contribution in [-0.4, -0.2) is 12.6 Å². The Morgan fingerprint density at radius 2 is 2.15 bits per heavy atom. The molecule has 0 amide bonds. The summed E-state index contributed by atoms with van der Waals surface area (Å²) in [7, 11) is 0. The highest BCUT2D eigenvalue weighted by Gasteiger charge is 2.52. The Bertz CT molecular complexity index is 546. The third-order valence-electron chi connectivity index (χ3n) is 4.97. The lowest BCUT2D eigenvalue weighted by molar-refractivity contribution is -0.153. The van der Waals surface area contributed by atoms with Crippen LogP contribution in [0.1, 0.15) is 50.2 Å². The molecule has 3 atom stereocenters. The number of esters is 1. The smallest absolute Gasteiger partial charge is 0.317 e. The number of carbonyl (C=O) groups excluding carboxylic acids is 1. The topological polar surface area (TPSA) is 26.3 Å². The van der Waals surface area contributed by atoms with Crippen LogP contribution in [0.15, 0.2) is 36.4 Å². The van der Waals surface area contributed by atoms with Crippen molar-refractivity contribution in [3.05, 3.63) is 47.5 Å². The van der Waals surface area contributed by atoms with E-state index in [0.29, 0.717) is 18.4 Å². The average Bonchev–Trinajstić information content (AvgIpc) is 2.48. The second kappa shape index (κ2) is 5.08. The summed E-state index contributed by atoms with van der Waals surface area (Å²) >= 11 is 0. The minimum Gasteiger partial charge on any atom is -0.465 e. The lowest BCUT2D eigenvalue weighted by Crippen LogP contribution is -2.48. The Kier molecular flexibility index (Phi) is 3.41. The van der Waals surface area contributed by atoms with Crippen molar-refractivity contribution in [2.24, 2.45) is 5.92 Å². The van der Waals surface area contributed by atoms with Gasteiger partial charge in [0, 0.05) is 0 Å². The molecular weight excluding hydrogens is 248 g/mol. The highest BCUT2D eigenvalue weighted by molar-refractivity contribution is 5.85. The molecule has 0 saturated carbocycles. The summed E-state index contributed by atoms with van der Waals surface area (Å²) in [6.45, 7) is 4.61. The lowest BCUT2D eigenvalue weighted by Gasteiger charge is -2.46. The van der Waals surface area contributed by atoms with Crippen LogP contribution in [-0.2, 0) is 14.9 Å². The standard InChI is InChI=1S/C18H22O2/c1-3-20-17(19)18-11-7-6-8-14(18)12-13(2)15-9-4-5-10-16(15)18/h4-7,9-10,13-14H,3,8,11-12H2,1-2H3. The Hall–Kier alpha value is -1.57. The number of rotatable bonds is 2. The minimum absolute atomic E-state index is 0.0336. The summed E-state index contributed by atoms with van der Waals surface area (Å²) in [5, 5.41) is 0. The van der Waals surface area contributed by atoms with E-state index in [1.807, 2.05) is 13.0 Å². The normalized spacial score (nSPS) is 31.3. The quantitative estimate of drug-likeness (QED) is 0.600. The molecule has 0 aromatic heterocycles. The molecule has 0 radical (unpaired) electrons. The molecule has 0 fully saturated rings. The Balaban J connectivity index is 2.17. The van der Waals surface area contributed by atoms with Crippen LogP contribution in [0.4, 0.5) is 0 Å². The predicted octanol–water partition coefficient (Wildman–Crippen LogP) is 3.96. The van der Waals surface area contributed by atoms with Gasteiger partial charge in [-0.15, -0.1) is 0 Å². The van der Waals surface area contributed by atoms with Crippen molar-refractivity contribution in [1.82, 2.24) is 0 Å². The number of ether oxygens (including phenoxy) is 1. The van der Waals surface area contributed by atoms with Crippen LogP contribution in [0.2, 0.25) is 0 Å². The van der Waals surface area contributed by atoms with Gasteiger partial charge in [0.1, 0.15) is 0 Å². The van der Waals surface area contributed by atoms with Crippen LogP contribution >= 0.6 is 0 Å². The Morgan fingerprint density at radius 3 is 2.95 bits per heavy atom. The molecule has 1 aromatic carbocycles. The van der Waals surface area contributed by atoms with Crippen LogP contribution in [0.25, 0.3) is 0 Å². The van der Waals surface area contributed by atoms with Gasteiger partial charge >= 0.3 is 5.97 Å². The van der Waals surface area contributed by atoms with E-state index in [9.17, 15) is 4.79 Å². The summed E-state index contributed by atoms with van der Waals surface area (Å²) in [6, 6.07) is 8.43. The number of carbonyl (C=O) groups is 1. The van der Waals surface area contributed by atoms with Crippen LogP contribution in [0.3, 0.4) is 0 Å². The molecule has 0 aliphatic heterocycles. The number of hydrogen-bond donors (Lipinski definition) is 0. The van der Waals surface area contributed by atoms with Crippen molar-refractivity contribution in [1.29, 1.82) is 0 Å². The third-order valence-corrected chi connectivity index (χ3v) is 4.97. The SMILES string of the molecule is CCOC(=O)C12CC=CCC1CC(C)c1ccccc12. The largest absolute Gasteiger partial charge is 0.465 e. The summed E-state index contributed by atoms with van der Waals surface area (Å²) in [5.41, 5.74) is 2.08. The Morgan fingerprint density at radius 1 is 1.35 bits per heavy atom. The maximum atomic E-state index is 12.8. The molecule has 0 heterocycles. The number of allylic oxidation sites excluding steroid dienone is 2. The summed E-state index contributed by atoms with van der Waals surface area (Å²) in [5.74, 6) is 0.857. The molecule has 2 heteroatoms. The molecule has 0 N–H and O–H groups in total. The van der Waals surface area contributed by atoms with E-state index in [1.54, 1.807) is 0 Å². The zero-order chi connectivity index (χ0) is 14.2. The van der Waals surface area contributed by atoms with Crippen molar-refractivity contribution < 1.29 is 9.53 Å². The molecule has 0 saturated heterocycles. The van der Waals surface area contributed by atoms with Gasteiger partial charge in [-0.1, -0.05) is 43.3 Å². The molecule has 0 bridgehead atoms. The van der Waals surface area contributed by atoms with Gasteiger partial charge in [-0.05, 0) is 49.1 Å². The highest BCUT2D eigenvalue weighted by atomic mass is 16.5. The van der Waals surface area contributed by atoms with Gasteiger partial charge in [-0.2, -0.15) is 0 Å². The molecule has 2 nitrogen and oxygen atoms in total. The van der Waals surface area contributed by atoms with Crippen LogP contribution in [0.5, 0.6) is 0 Å². The van der Waals surface area contributed by atoms with Gasteiger partial charge < -0.3 is 4.74 Å². The molecule has 1 aromatic rings. The van der Waals surface area contributed by atoms with Crippen molar-refractivity contribution in [3.63, 3.8) is 0 Å². The van der Waals surface area contributed by atoms with Crippen molar-refractivity contribution in [2.45, 2.75) is 44.4 Å². The number of hydrogen-bond acceptors (Lipinski definition) is 2. The molecule has 0 spiro atoms. The van der Waals surface area contributed by atoms with E-state index < -0.39 is 5.41 Å². The molecule has 2 aliphatic carbocycles. The van der Waals surface area contributed by atoms with E-state index >= 15 is 0 Å². The van der Waals surface area contributed by atoms with E-state index in [2.05, 4.69) is 37.3 Å². The van der Waals surface area contributed by atoms with Gasteiger partial charge in [0.25, 0.3) is 0 Å². The van der Waals surface area contributed by atoms with Gasteiger partial charge in [-0.25, -0.2) is 0 Å². The molecule has 3 unspecified atom stereocenters. The molecule has 3 rings (SSSR count). The van der Waals surface area contributed by atoms with Gasteiger partial charge in [-0.3, -0.25) is 4.79 Å². The van der Waals surface area contributed by atoms with Gasteiger partial charge in [0.15, 0.2) is 0 Å². The third kappa shape index (κ3) is 1.81. The molecule has 2 aliphatic rings. The first-order valence-electron chi connectivity index (χ1n) is 7.61. The van der Waals surface area contributed by atoms with Gasteiger partial charge in [0.2, 0.25) is 0 Å². The molecular formula is C18H22O2. The van der Waals surface area contributed by atoms with Crippen LogP contribution < -0.4 is 0 Å². The fraction of sp³-hybridized carbons (Fsp3) is 0.500. The van der Waals surface area contributed by atoms with Crippen molar-refractivity contribution in [2.75, 3.05) is 6.61 Å². The maximum Gasteiger partial charge on any atom is 0.317 e. The molecule has 20 heavy (non-hydrogen) atoms. The summed E-state index contributed by atoms with van der Waals surface area (Å²) in [6.07, 6.45) is 7.21. The van der Waals surface area contributed by atoms with E-state index in [4.69, 9.17) is 4.74 Å². The summed E-state index contributed by atoms with van der Waals surface area (Å²) in [4.78, 5) is 12.8. The minimum atomic E-state index is -0.451. The Labute approximate surface area is 120 Å². The second-order valence-corrected chi connectivity index (χ2v) is 6.02. The highest BCUT2D eigenvalue weighted by Crippen LogP contribution is 2.52. The zero-order valence-corrected chi connectivity index (χ0v) is 12.3. The maximum absolute atomic E-state index is 12.8. The average molecular weight is 270 g/mol. The molecule has 106 valence electrons. The first-order valence-corrected chi connectivity index (χ1v) is 7.61. The van der Waals surface area contributed by atoms with E-state index in [0.717, 1.165) is 19.3 Å². The van der Waals surface area contributed by atoms with E-state index in [-0.39, 0.29) is 5.97 Å². The zero-order valence-electron chi connectivity index (χ0n) is 12.3. The number of benzene rings is 1. The number of fused-ring (bicyclic) bond motifs is 3. The fourth-order valence-corrected chi connectivity index (χ4v) is 4.03.